The number of carbonyl (C=O) groups excluding carboxylic acids is 3. The predicted molar refractivity (Wildman–Crippen MR) is 144 cm³/mol. The Morgan fingerprint density at radius 1 is 0.833 bits per heavy atom. The van der Waals surface area contributed by atoms with Crippen LogP contribution in [0.25, 0.3) is 0 Å². The highest BCUT2D eigenvalue weighted by Crippen LogP contribution is 2.27. The molecule has 0 aromatic heterocycles. The van der Waals surface area contributed by atoms with E-state index in [4.69, 9.17) is 4.74 Å². The van der Waals surface area contributed by atoms with E-state index in [0.29, 0.717) is 18.7 Å². The van der Waals surface area contributed by atoms with Gasteiger partial charge in [0.15, 0.2) is 11.6 Å². The minimum absolute atomic E-state index is 0.00209. The summed E-state index contributed by atoms with van der Waals surface area (Å²) in [5.41, 5.74) is 3.25. The van der Waals surface area contributed by atoms with Crippen LogP contribution in [0.1, 0.15) is 42.4 Å². The Bertz CT molecular complexity index is 1520. The zero-order valence-corrected chi connectivity index (χ0v) is 22.4. The molecule has 0 bridgehead atoms. The summed E-state index contributed by atoms with van der Waals surface area (Å²) in [5.74, 6) is -3.78. The number of hydrogen-bond donors (Lipinski definition) is 1. The summed E-state index contributed by atoms with van der Waals surface area (Å²) in [6, 6.07) is 15.1. The third-order valence-corrected chi connectivity index (χ3v) is 6.27. The van der Waals surface area contributed by atoms with E-state index < -0.39 is 41.4 Å². The van der Waals surface area contributed by atoms with Crippen molar-refractivity contribution in [3.05, 3.63) is 94.6 Å². The maximum atomic E-state index is 13.6. The van der Waals surface area contributed by atoms with Crippen molar-refractivity contribution in [1.82, 2.24) is 5.32 Å². The van der Waals surface area contributed by atoms with E-state index in [0.717, 1.165) is 16.7 Å². The molecule has 2 amide bonds. The fraction of sp³-hybridized carbons (Fsp3) is 0.258. The lowest BCUT2D eigenvalue weighted by molar-refractivity contribution is -0.136. The van der Waals surface area contributed by atoms with Crippen LogP contribution in [0.2, 0.25) is 0 Å². The molecule has 1 aliphatic rings. The highest BCUT2D eigenvalue weighted by Gasteiger charge is 2.23. The number of anilines is 1. The molecule has 0 atom stereocenters. The summed E-state index contributed by atoms with van der Waals surface area (Å²) >= 11 is 0. The van der Waals surface area contributed by atoms with Gasteiger partial charge in [-0.3, -0.25) is 14.4 Å². The lowest BCUT2D eigenvalue weighted by atomic mass is 10.0. The summed E-state index contributed by atoms with van der Waals surface area (Å²) in [6.45, 7) is 0.255. The van der Waals surface area contributed by atoms with E-state index in [2.05, 4.69) is 21.9 Å². The average molecular weight is 583 g/mol. The first-order valence-corrected chi connectivity index (χ1v) is 13.1. The molecule has 0 spiro atoms. The Balaban J connectivity index is 1.16. The molecule has 7 nitrogen and oxygen atoms in total. The van der Waals surface area contributed by atoms with Crippen LogP contribution in [0.5, 0.6) is 5.75 Å². The summed E-state index contributed by atoms with van der Waals surface area (Å²) < 4.78 is 63.1. The number of benzene rings is 3. The van der Waals surface area contributed by atoms with Gasteiger partial charge in [0.2, 0.25) is 29.2 Å². The molecule has 0 unspecified atom stereocenters. The van der Waals surface area contributed by atoms with Gasteiger partial charge >= 0.3 is 5.97 Å². The molecule has 218 valence electrons. The molecule has 0 radical (unpaired) electrons. The molecule has 1 N–H and O–H groups in total. The smallest absolute Gasteiger partial charge is 0.313 e. The van der Waals surface area contributed by atoms with Gasteiger partial charge in [0, 0.05) is 36.6 Å². The Morgan fingerprint density at radius 3 is 2.26 bits per heavy atom. The number of hydrogen-bond acceptors (Lipinski definition) is 5. The molecule has 1 aliphatic heterocycles. The lowest BCUT2D eigenvalue weighted by Crippen LogP contribution is -2.32. The molecule has 0 fully saturated rings. The molecule has 0 aliphatic carbocycles. The predicted octanol–water partition coefficient (Wildman–Crippen LogP) is 4.79. The largest absolute Gasteiger partial charge is 0.420 e. The first-order valence-electron chi connectivity index (χ1n) is 13.1. The Kier molecular flexibility index (Phi) is 10.3. The molecular weight excluding hydrogens is 556 g/mol. The Labute approximate surface area is 239 Å². The van der Waals surface area contributed by atoms with Crippen molar-refractivity contribution in [2.45, 2.75) is 32.2 Å². The van der Waals surface area contributed by atoms with Crippen molar-refractivity contribution >= 4 is 23.5 Å². The molecule has 1 heterocycles. The van der Waals surface area contributed by atoms with Crippen LogP contribution in [-0.4, -0.2) is 37.5 Å². The van der Waals surface area contributed by atoms with E-state index in [1.54, 1.807) is 4.90 Å². The maximum absolute atomic E-state index is 13.6. The van der Waals surface area contributed by atoms with Crippen LogP contribution in [0.4, 0.5) is 23.2 Å². The second-order valence-corrected chi connectivity index (χ2v) is 9.24. The first kappa shape index (κ1) is 30.3. The molecule has 11 heteroatoms. The summed E-state index contributed by atoms with van der Waals surface area (Å²) in [6.07, 6.45) is 0.109. The third-order valence-electron chi connectivity index (χ3n) is 6.27. The third kappa shape index (κ3) is 7.73. The van der Waals surface area contributed by atoms with Gasteiger partial charge in [-0.15, -0.1) is 0 Å². The van der Waals surface area contributed by atoms with Crippen LogP contribution in [-0.2, 0) is 25.7 Å². The van der Waals surface area contributed by atoms with Crippen LogP contribution in [0.3, 0.4) is 0 Å². The molecule has 3 aromatic rings. The number of carbonyl (C=O) groups is 3. The Hall–Kier alpha value is -4.69. The molecule has 0 saturated heterocycles. The number of halogens is 4. The topological polar surface area (TPSA) is 84.9 Å². The highest BCUT2D eigenvalue weighted by molar-refractivity contribution is 5.95. The van der Waals surface area contributed by atoms with Crippen molar-refractivity contribution in [3.63, 3.8) is 0 Å². The molecule has 42 heavy (non-hydrogen) atoms. The van der Waals surface area contributed by atoms with Gasteiger partial charge in [-0.25, -0.2) is 8.78 Å². The maximum Gasteiger partial charge on any atom is 0.313 e. The van der Waals surface area contributed by atoms with Crippen LogP contribution in [0.15, 0.2) is 54.6 Å². The summed E-state index contributed by atoms with van der Waals surface area (Å²) in [7, 11) is 0. The number of amides is 2. The van der Waals surface area contributed by atoms with Gasteiger partial charge in [-0.1, -0.05) is 42.2 Å². The van der Waals surface area contributed by atoms with Gasteiger partial charge in [-0.2, -0.15) is 8.78 Å². The van der Waals surface area contributed by atoms with Gasteiger partial charge in [0.1, 0.15) is 0 Å². The van der Waals surface area contributed by atoms with Gasteiger partial charge in [-0.05, 0) is 30.2 Å². The number of nitrogens with zero attached hydrogens (tertiary/aromatic N) is 1. The van der Waals surface area contributed by atoms with Crippen molar-refractivity contribution in [1.29, 1.82) is 0 Å². The lowest BCUT2D eigenvalue weighted by Gasteiger charge is -2.26. The fourth-order valence-electron chi connectivity index (χ4n) is 4.16. The zero-order chi connectivity index (χ0) is 30.1. The molecule has 3 aromatic carbocycles. The number of rotatable bonds is 11. The first-order chi connectivity index (χ1) is 20.2. The highest BCUT2D eigenvalue weighted by atomic mass is 19.2. The van der Waals surface area contributed by atoms with Gasteiger partial charge < -0.3 is 19.7 Å². The number of fused-ring (bicyclic) bond motifs is 2. The number of ether oxygens (including phenoxy) is 2. The van der Waals surface area contributed by atoms with E-state index in [1.165, 1.54) is 0 Å². The van der Waals surface area contributed by atoms with E-state index in [1.807, 2.05) is 48.5 Å². The van der Waals surface area contributed by atoms with Crippen molar-refractivity contribution in [2.75, 3.05) is 24.7 Å². The van der Waals surface area contributed by atoms with Gasteiger partial charge in [0.25, 0.3) is 0 Å². The Morgan fingerprint density at radius 2 is 1.50 bits per heavy atom. The second-order valence-electron chi connectivity index (χ2n) is 9.24. The SMILES string of the molecule is O=C(CCCC(=O)N1Cc2ccccc2C#Cc2ccccc21)NCCOCCC(=O)Oc1c(F)c(F)cc(F)c1F. The van der Waals surface area contributed by atoms with Crippen LogP contribution in [0, 0.1) is 35.1 Å². The number of nitrogens with one attached hydrogen (secondary N) is 1. The quantitative estimate of drug-likeness (QED) is 0.0878. The fourth-order valence-corrected chi connectivity index (χ4v) is 4.16. The van der Waals surface area contributed by atoms with Gasteiger partial charge in [0.05, 0.1) is 31.9 Å². The monoisotopic (exact) mass is 582 g/mol. The molecular formula is C31H26F4N2O5. The summed E-state index contributed by atoms with van der Waals surface area (Å²) in [4.78, 5) is 38.8. The van der Waals surface area contributed by atoms with Crippen molar-refractivity contribution in [3.8, 4) is 17.6 Å². The van der Waals surface area contributed by atoms with E-state index in [-0.39, 0.29) is 50.5 Å². The van der Waals surface area contributed by atoms with Crippen LogP contribution < -0.4 is 15.0 Å². The van der Waals surface area contributed by atoms with E-state index >= 15 is 0 Å². The minimum Gasteiger partial charge on any atom is -0.420 e. The number of para-hydroxylation sites is 1. The molecule has 4 rings (SSSR count). The number of esters is 1. The van der Waals surface area contributed by atoms with E-state index in [9.17, 15) is 31.9 Å². The summed E-state index contributed by atoms with van der Waals surface area (Å²) in [5, 5.41) is 2.63. The average Bonchev–Trinajstić information content (AvgIpc) is 2.97. The molecule has 0 saturated carbocycles. The second kappa shape index (κ2) is 14.3. The minimum atomic E-state index is -1.82. The van der Waals surface area contributed by atoms with Crippen molar-refractivity contribution in [2.24, 2.45) is 0 Å². The standard InChI is InChI=1S/C31H26F4N2O5/c32-23-18-24(33)30(35)31(29(23)34)42-28(40)14-16-41-17-15-36-26(38)10-5-11-27(39)37-19-22-8-2-1-6-20(22)12-13-21-7-3-4-9-25(21)37/h1-4,6-9,18H,5,10-11,14-17,19H2,(H,36,38). The zero-order valence-electron chi connectivity index (χ0n) is 22.4. The normalized spacial score (nSPS) is 11.8. The van der Waals surface area contributed by atoms with Crippen LogP contribution >= 0.6 is 0 Å². The van der Waals surface area contributed by atoms with Crippen molar-refractivity contribution < 1.29 is 41.4 Å².